The van der Waals surface area contributed by atoms with Crippen molar-refractivity contribution in [2.45, 2.75) is 20.8 Å². The summed E-state index contributed by atoms with van der Waals surface area (Å²) in [7, 11) is 0. The first-order valence-electron chi connectivity index (χ1n) is 9.19. The van der Waals surface area contributed by atoms with Gasteiger partial charge in [0.25, 0.3) is 5.91 Å². The molecule has 1 N–H and O–H groups in total. The van der Waals surface area contributed by atoms with E-state index in [2.05, 4.69) is 0 Å². The van der Waals surface area contributed by atoms with E-state index in [0.717, 1.165) is 22.4 Å². The van der Waals surface area contributed by atoms with Gasteiger partial charge in [-0.1, -0.05) is 24.3 Å². The number of thioether (sulfide) groups is 1. The highest BCUT2D eigenvalue weighted by atomic mass is 32.2. The van der Waals surface area contributed by atoms with Crippen LogP contribution >= 0.6 is 11.8 Å². The van der Waals surface area contributed by atoms with Gasteiger partial charge >= 0.3 is 5.97 Å². The van der Waals surface area contributed by atoms with E-state index < -0.39 is 12.6 Å². The van der Waals surface area contributed by atoms with E-state index in [0.29, 0.717) is 22.4 Å². The zero-order chi connectivity index (χ0) is 21.0. The SMILES string of the molecule is CCN1C(=O)/C(=C\c2ccc(OCC(=O)O)cc2)SC1=Nc1cc(C)ccc1C. The summed E-state index contributed by atoms with van der Waals surface area (Å²) in [5, 5.41) is 9.33. The van der Waals surface area contributed by atoms with Crippen LogP contribution in [0.4, 0.5) is 5.69 Å². The molecular formula is C22H22N2O4S. The summed E-state index contributed by atoms with van der Waals surface area (Å²) in [6.45, 7) is 6.09. The summed E-state index contributed by atoms with van der Waals surface area (Å²) >= 11 is 1.35. The minimum atomic E-state index is -1.03. The molecule has 6 nitrogen and oxygen atoms in total. The van der Waals surface area contributed by atoms with Crippen LogP contribution in [-0.2, 0) is 9.59 Å². The highest BCUT2D eigenvalue weighted by Gasteiger charge is 2.32. The first-order chi connectivity index (χ1) is 13.9. The molecule has 1 aliphatic rings. The lowest BCUT2D eigenvalue weighted by Crippen LogP contribution is -2.28. The Hall–Kier alpha value is -3.06. The molecule has 0 aliphatic carbocycles. The summed E-state index contributed by atoms with van der Waals surface area (Å²) in [5.41, 5.74) is 3.86. The maximum absolute atomic E-state index is 12.8. The molecule has 3 rings (SSSR count). The van der Waals surface area contributed by atoms with Gasteiger partial charge in [-0.15, -0.1) is 0 Å². The van der Waals surface area contributed by atoms with Crippen LogP contribution < -0.4 is 4.74 Å². The molecule has 0 bridgehead atoms. The second-order valence-electron chi connectivity index (χ2n) is 6.60. The Kier molecular flexibility index (Phi) is 6.39. The fourth-order valence-electron chi connectivity index (χ4n) is 2.77. The second kappa shape index (κ2) is 8.96. The highest BCUT2D eigenvalue weighted by Crippen LogP contribution is 2.35. The van der Waals surface area contributed by atoms with Crippen LogP contribution in [0.25, 0.3) is 6.08 Å². The first-order valence-corrected chi connectivity index (χ1v) is 10.0. The van der Waals surface area contributed by atoms with E-state index in [1.165, 1.54) is 11.8 Å². The smallest absolute Gasteiger partial charge is 0.341 e. The Balaban J connectivity index is 1.84. The Labute approximate surface area is 173 Å². The minimum absolute atomic E-state index is 0.0761. The molecule has 0 spiro atoms. The summed E-state index contributed by atoms with van der Waals surface area (Å²) in [5.74, 6) is -0.639. The van der Waals surface area contributed by atoms with Crippen molar-refractivity contribution in [3.63, 3.8) is 0 Å². The topological polar surface area (TPSA) is 79.2 Å². The number of carbonyl (C=O) groups is 2. The number of rotatable bonds is 6. The summed E-state index contributed by atoms with van der Waals surface area (Å²) in [6, 6.07) is 13.0. The van der Waals surface area contributed by atoms with Gasteiger partial charge in [0.15, 0.2) is 11.8 Å². The van der Waals surface area contributed by atoms with E-state index in [4.69, 9.17) is 14.8 Å². The molecule has 7 heteroatoms. The lowest BCUT2D eigenvalue weighted by molar-refractivity contribution is -0.139. The maximum atomic E-state index is 12.8. The van der Waals surface area contributed by atoms with Gasteiger partial charge in [-0.3, -0.25) is 9.69 Å². The van der Waals surface area contributed by atoms with Crippen LogP contribution in [-0.4, -0.2) is 40.2 Å². The molecule has 150 valence electrons. The fourth-order valence-corrected chi connectivity index (χ4v) is 3.83. The van der Waals surface area contributed by atoms with Gasteiger partial charge in [0, 0.05) is 6.54 Å². The van der Waals surface area contributed by atoms with E-state index in [1.54, 1.807) is 29.2 Å². The predicted octanol–water partition coefficient (Wildman–Crippen LogP) is 4.39. The molecular weight excluding hydrogens is 388 g/mol. The monoisotopic (exact) mass is 410 g/mol. The van der Waals surface area contributed by atoms with Gasteiger partial charge in [-0.25, -0.2) is 9.79 Å². The number of aryl methyl sites for hydroxylation is 2. The third-order valence-electron chi connectivity index (χ3n) is 4.33. The van der Waals surface area contributed by atoms with Gasteiger partial charge in [-0.05, 0) is 73.5 Å². The molecule has 1 aliphatic heterocycles. The summed E-state index contributed by atoms with van der Waals surface area (Å²) in [6.07, 6.45) is 1.81. The minimum Gasteiger partial charge on any atom is -0.482 e. The lowest BCUT2D eigenvalue weighted by Gasteiger charge is -2.12. The van der Waals surface area contributed by atoms with E-state index in [1.807, 2.05) is 45.0 Å². The molecule has 0 radical (unpaired) electrons. The molecule has 1 saturated heterocycles. The number of aliphatic imine (C=N–C) groups is 1. The maximum Gasteiger partial charge on any atom is 0.341 e. The van der Waals surface area contributed by atoms with Crippen molar-refractivity contribution in [3.05, 3.63) is 64.1 Å². The van der Waals surface area contributed by atoms with Crippen LogP contribution in [0.15, 0.2) is 52.4 Å². The van der Waals surface area contributed by atoms with Crippen molar-refractivity contribution in [1.29, 1.82) is 0 Å². The molecule has 0 unspecified atom stereocenters. The fraction of sp³-hybridized carbons (Fsp3) is 0.227. The van der Waals surface area contributed by atoms with Crippen molar-refractivity contribution in [3.8, 4) is 5.75 Å². The summed E-state index contributed by atoms with van der Waals surface area (Å²) < 4.78 is 5.13. The number of ether oxygens (including phenoxy) is 1. The number of carbonyl (C=O) groups excluding carboxylic acids is 1. The molecule has 1 amide bonds. The molecule has 2 aromatic rings. The van der Waals surface area contributed by atoms with Gasteiger partial charge in [0.05, 0.1) is 10.6 Å². The number of hydrogen-bond acceptors (Lipinski definition) is 5. The van der Waals surface area contributed by atoms with Gasteiger partial charge < -0.3 is 9.84 Å². The molecule has 0 atom stereocenters. The average Bonchev–Trinajstić information content (AvgIpc) is 2.98. The Bertz CT molecular complexity index is 996. The molecule has 1 heterocycles. The number of likely N-dealkylation sites (N-methyl/N-ethyl adjacent to an activating group) is 1. The van der Waals surface area contributed by atoms with Crippen molar-refractivity contribution in [1.82, 2.24) is 4.90 Å². The van der Waals surface area contributed by atoms with Crippen molar-refractivity contribution in [2.75, 3.05) is 13.2 Å². The van der Waals surface area contributed by atoms with Crippen LogP contribution in [0.2, 0.25) is 0 Å². The third-order valence-corrected chi connectivity index (χ3v) is 5.33. The number of nitrogens with zero attached hydrogens (tertiary/aromatic N) is 2. The number of hydrogen-bond donors (Lipinski definition) is 1. The number of benzene rings is 2. The highest BCUT2D eigenvalue weighted by molar-refractivity contribution is 8.18. The molecule has 29 heavy (non-hydrogen) atoms. The predicted molar refractivity (Wildman–Crippen MR) is 116 cm³/mol. The zero-order valence-corrected chi connectivity index (χ0v) is 17.3. The number of carboxylic acids is 1. The zero-order valence-electron chi connectivity index (χ0n) is 16.5. The average molecular weight is 410 g/mol. The van der Waals surface area contributed by atoms with Crippen LogP contribution in [0.5, 0.6) is 5.75 Å². The number of carboxylic acid groups (broad SMARTS) is 1. The molecule has 0 saturated carbocycles. The Morgan fingerprint density at radius 1 is 1.21 bits per heavy atom. The second-order valence-corrected chi connectivity index (χ2v) is 7.60. The molecule has 2 aromatic carbocycles. The summed E-state index contributed by atoms with van der Waals surface area (Å²) in [4.78, 5) is 30.4. The van der Waals surface area contributed by atoms with Crippen LogP contribution in [0.1, 0.15) is 23.6 Å². The standard InChI is InChI=1S/C22H22N2O4S/c1-4-24-21(27)19(12-16-7-9-17(10-8-16)28-13-20(25)26)29-22(24)23-18-11-14(2)5-6-15(18)3/h5-12H,4,13H2,1-3H3,(H,25,26)/b19-12+,23-22?. The molecule has 1 fully saturated rings. The number of aliphatic carboxylic acids is 1. The van der Waals surface area contributed by atoms with Crippen molar-refractivity contribution in [2.24, 2.45) is 4.99 Å². The van der Waals surface area contributed by atoms with Gasteiger partial charge in [0.1, 0.15) is 5.75 Å². The van der Waals surface area contributed by atoms with Crippen LogP contribution in [0, 0.1) is 13.8 Å². The normalized spacial score (nSPS) is 16.7. The lowest BCUT2D eigenvalue weighted by atomic mass is 10.1. The first kappa shape index (κ1) is 20.7. The third kappa shape index (κ3) is 5.06. The Morgan fingerprint density at radius 2 is 1.93 bits per heavy atom. The number of amides is 1. The van der Waals surface area contributed by atoms with Crippen LogP contribution in [0.3, 0.4) is 0 Å². The largest absolute Gasteiger partial charge is 0.482 e. The van der Waals surface area contributed by atoms with E-state index >= 15 is 0 Å². The van der Waals surface area contributed by atoms with E-state index in [-0.39, 0.29) is 5.91 Å². The van der Waals surface area contributed by atoms with E-state index in [9.17, 15) is 9.59 Å². The van der Waals surface area contributed by atoms with Crippen molar-refractivity contribution >= 4 is 40.6 Å². The van der Waals surface area contributed by atoms with Crippen molar-refractivity contribution < 1.29 is 19.4 Å². The van der Waals surface area contributed by atoms with Gasteiger partial charge in [-0.2, -0.15) is 0 Å². The van der Waals surface area contributed by atoms with Gasteiger partial charge in [0.2, 0.25) is 0 Å². The number of amidine groups is 1. The molecule has 0 aromatic heterocycles. The quantitative estimate of drug-likeness (QED) is 0.715. The Morgan fingerprint density at radius 3 is 2.59 bits per heavy atom.